The Balaban J connectivity index is 1.07. The summed E-state index contributed by atoms with van der Waals surface area (Å²) in [5, 5.41) is 27.1. The van der Waals surface area contributed by atoms with Crippen LogP contribution in [0, 0.1) is 5.41 Å². The van der Waals surface area contributed by atoms with Crippen molar-refractivity contribution in [3.63, 3.8) is 0 Å². The van der Waals surface area contributed by atoms with E-state index in [2.05, 4.69) is 56.2 Å². The Hall–Kier alpha value is -4.92. The predicted molar refractivity (Wildman–Crippen MR) is 185 cm³/mol. The number of hydrogen-bond acceptors (Lipinski definition) is 11. The average Bonchev–Trinajstić information content (AvgIpc) is 3.55. The van der Waals surface area contributed by atoms with Gasteiger partial charge in [-0.25, -0.2) is 4.98 Å². The number of fused-ring (bicyclic) bond motifs is 3. The van der Waals surface area contributed by atoms with Crippen LogP contribution >= 0.6 is 0 Å². The lowest BCUT2D eigenvalue weighted by Gasteiger charge is -2.46. The first-order valence-electron chi connectivity index (χ1n) is 16.7. The van der Waals surface area contributed by atoms with Crippen molar-refractivity contribution >= 4 is 22.8 Å². The first kappa shape index (κ1) is 31.4. The second kappa shape index (κ2) is 11.9. The number of nitrogens with zero attached hydrogens (tertiary/aromatic N) is 9. The molecule has 0 radical (unpaired) electrons. The summed E-state index contributed by atoms with van der Waals surface area (Å²) in [5.74, 6) is 1.45. The van der Waals surface area contributed by atoms with Gasteiger partial charge in [-0.3, -0.25) is 18.9 Å². The highest BCUT2D eigenvalue weighted by molar-refractivity contribution is 5.73. The smallest absolute Gasteiger partial charge is 0.297 e. The molecule has 0 spiro atoms. The lowest BCUT2D eigenvalue weighted by Crippen LogP contribution is -2.60. The molecule has 0 bridgehead atoms. The van der Waals surface area contributed by atoms with Crippen molar-refractivity contribution in [2.75, 3.05) is 43.1 Å². The zero-order chi connectivity index (χ0) is 34.0. The predicted octanol–water partition coefficient (Wildman–Crippen LogP) is 2.31. The molecule has 0 unspecified atom stereocenters. The van der Waals surface area contributed by atoms with E-state index in [1.165, 1.54) is 9.25 Å². The second-order valence-electron chi connectivity index (χ2n) is 14.2. The minimum Gasteiger partial charge on any atom is -0.392 e. The van der Waals surface area contributed by atoms with Crippen LogP contribution in [0.2, 0.25) is 0 Å². The van der Waals surface area contributed by atoms with Gasteiger partial charge in [0, 0.05) is 61.9 Å². The summed E-state index contributed by atoms with van der Waals surface area (Å²) < 4.78 is 9.97. The molecule has 2 saturated heterocycles. The standard InChI is InChI=1S/C35H40N10O4/c1-21-15-42(9-10-43(21)24-18-49-19-24)31-6-5-30(39-40-31)38-27-11-23(16-41(4)33(27)47)25-7-8-36-32(26(25)17-46)45-34(48)28-12-22-13-35(2,3)14-29(22)44(28)20-37-45/h5-8,11-12,16,20-21,24,46H,9-10,13-15,17-19H2,1-4H3,(H,38,39)/t21-/m1/s1. The van der Waals surface area contributed by atoms with Gasteiger partial charge in [0.25, 0.3) is 11.1 Å². The van der Waals surface area contributed by atoms with Gasteiger partial charge in [0.05, 0.1) is 25.9 Å². The molecule has 49 heavy (non-hydrogen) atoms. The number of anilines is 3. The third-order valence-corrected chi connectivity index (χ3v) is 10.1. The van der Waals surface area contributed by atoms with Crippen LogP contribution in [0.25, 0.3) is 22.5 Å². The van der Waals surface area contributed by atoms with E-state index in [4.69, 9.17) is 4.74 Å². The van der Waals surface area contributed by atoms with Crippen molar-refractivity contribution in [1.29, 1.82) is 0 Å². The van der Waals surface area contributed by atoms with Crippen molar-refractivity contribution < 1.29 is 9.84 Å². The lowest BCUT2D eigenvalue weighted by molar-refractivity contribution is -0.0793. The van der Waals surface area contributed by atoms with Gasteiger partial charge in [-0.05, 0) is 66.6 Å². The van der Waals surface area contributed by atoms with Gasteiger partial charge >= 0.3 is 0 Å². The topological polar surface area (TPSA) is 148 Å². The summed E-state index contributed by atoms with van der Waals surface area (Å²) in [6, 6.07) is 10.0. The molecule has 0 saturated carbocycles. The molecule has 1 aliphatic carbocycles. The third kappa shape index (κ3) is 5.49. The van der Waals surface area contributed by atoms with Gasteiger partial charge < -0.3 is 24.6 Å². The zero-order valence-corrected chi connectivity index (χ0v) is 28.1. The van der Waals surface area contributed by atoms with Crippen LogP contribution in [0.3, 0.4) is 0 Å². The highest BCUT2D eigenvalue weighted by Crippen LogP contribution is 2.37. The number of aliphatic hydroxyl groups excluding tert-OH is 1. The van der Waals surface area contributed by atoms with Crippen molar-refractivity contribution in [3.05, 3.63) is 86.6 Å². The number of hydrogen-bond donors (Lipinski definition) is 2. The summed E-state index contributed by atoms with van der Waals surface area (Å²) in [5.41, 5.74) is 4.31. The molecule has 14 heteroatoms. The molecular weight excluding hydrogens is 624 g/mol. The Morgan fingerprint density at radius 1 is 1.06 bits per heavy atom. The van der Waals surface area contributed by atoms with Crippen LogP contribution in [0.4, 0.5) is 17.3 Å². The number of aryl methyl sites for hydroxylation is 1. The maximum Gasteiger partial charge on any atom is 0.297 e. The number of piperazine rings is 1. The minimum atomic E-state index is -0.399. The van der Waals surface area contributed by atoms with E-state index < -0.39 is 6.61 Å². The molecule has 3 aliphatic rings. The highest BCUT2D eigenvalue weighted by atomic mass is 16.5. The van der Waals surface area contributed by atoms with Crippen LogP contribution in [0.15, 0.2) is 58.6 Å². The van der Waals surface area contributed by atoms with E-state index in [9.17, 15) is 14.7 Å². The van der Waals surface area contributed by atoms with E-state index in [1.807, 2.05) is 22.6 Å². The molecule has 0 amide bonds. The first-order chi connectivity index (χ1) is 23.6. The summed E-state index contributed by atoms with van der Waals surface area (Å²) in [6.45, 7) is 10.5. The zero-order valence-electron chi connectivity index (χ0n) is 28.1. The monoisotopic (exact) mass is 664 g/mol. The summed E-state index contributed by atoms with van der Waals surface area (Å²) in [4.78, 5) is 36.2. The Kier molecular flexibility index (Phi) is 7.61. The van der Waals surface area contributed by atoms with Crippen molar-refractivity contribution in [3.8, 4) is 16.9 Å². The second-order valence-corrected chi connectivity index (χ2v) is 14.2. The van der Waals surface area contributed by atoms with E-state index in [-0.39, 0.29) is 28.0 Å². The first-order valence-corrected chi connectivity index (χ1v) is 16.7. The number of rotatable bonds is 7. The fraction of sp³-hybridized carbons (Fsp3) is 0.429. The molecule has 2 aliphatic heterocycles. The largest absolute Gasteiger partial charge is 0.392 e. The summed E-state index contributed by atoms with van der Waals surface area (Å²) >= 11 is 0. The molecule has 14 nitrogen and oxygen atoms in total. The summed E-state index contributed by atoms with van der Waals surface area (Å²) in [7, 11) is 1.66. The number of aromatic nitrogens is 7. The Bertz CT molecular complexity index is 2180. The Morgan fingerprint density at radius 3 is 2.61 bits per heavy atom. The maximum absolute atomic E-state index is 13.7. The van der Waals surface area contributed by atoms with Crippen molar-refractivity contribution in [1.82, 2.24) is 38.8 Å². The van der Waals surface area contributed by atoms with Crippen LogP contribution in [0.1, 0.15) is 37.6 Å². The van der Waals surface area contributed by atoms with E-state index in [0.717, 1.165) is 62.8 Å². The molecule has 5 aromatic heterocycles. The minimum absolute atomic E-state index is 0.139. The quantitative estimate of drug-likeness (QED) is 0.264. The van der Waals surface area contributed by atoms with Gasteiger partial charge in [0.15, 0.2) is 17.5 Å². The molecular formula is C35H40N10O4. The molecule has 2 fully saturated rings. The van der Waals surface area contributed by atoms with Gasteiger partial charge in [-0.15, -0.1) is 10.2 Å². The number of nitrogens with one attached hydrogen (secondary N) is 1. The van der Waals surface area contributed by atoms with Crippen LogP contribution in [-0.4, -0.2) is 88.9 Å². The molecule has 8 rings (SSSR count). The fourth-order valence-corrected chi connectivity index (χ4v) is 7.59. The van der Waals surface area contributed by atoms with Gasteiger partial charge in [0.2, 0.25) is 0 Å². The molecule has 1 atom stereocenters. The van der Waals surface area contributed by atoms with Gasteiger partial charge in [-0.2, -0.15) is 9.78 Å². The fourth-order valence-electron chi connectivity index (χ4n) is 7.59. The molecule has 254 valence electrons. The van der Waals surface area contributed by atoms with Gasteiger partial charge in [0.1, 0.15) is 17.5 Å². The van der Waals surface area contributed by atoms with E-state index in [0.29, 0.717) is 40.1 Å². The lowest BCUT2D eigenvalue weighted by atomic mass is 9.90. The molecule has 5 aromatic rings. The number of aliphatic hydroxyl groups is 1. The van der Waals surface area contributed by atoms with E-state index in [1.54, 1.807) is 37.9 Å². The molecule has 7 heterocycles. The van der Waals surface area contributed by atoms with Gasteiger partial charge in [-0.1, -0.05) is 13.8 Å². The number of pyridine rings is 2. The summed E-state index contributed by atoms with van der Waals surface area (Å²) in [6.07, 6.45) is 6.68. The Morgan fingerprint density at radius 2 is 1.90 bits per heavy atom. The van der Waals surface area contributed by atoms with Crippen molar-refractivity contribution in [2.45, 2.75) is 52.3 Å². The van der Waals surface area contributed by atoms with Crippen LogP contribution in [-0.2, 0) is 31.2 Å². The third-order valence-electron chi connectivity index (χ3n) is 10.1. The maximum atomic E-state index is 13.7. The van der Waals surface area contributed by atoms with Crippen LogP contribution in [0.5, 0.6) is 0 Å². The number of ether oxygens (including phenoxy) is 1. The molecule has 2 N–H and O–H groups in total. The van der Waals surface area contributed by atoms with Crippen molar-refractivity contribution in [2.24, 2.45) is 12.5 Å². The van der Waals surface area contributed by atoms with Crippen LogP contribution < -0.4 is 21.3 Å². The highest BCUT2D eigenvalue weighted by Gasteiger charge is 2.34. The van der Waals surface area contributed by atoms with E-state index >= 15 is 0 Å². The normalized spacial score (nSPS) is 19.3. The molecule has 0 aromatic carbocycles. The average molecular weight is 665 g/mol. The SMILES string of the molecule is C[C@@H]1CN(c2ccc(Nc3cc(-c4ccnc(-n5ncn6c7c(cc6c5=O)CC(C)(C)C7)c4CO)cn(C)c3=O)nn2)CCN1C1COC1. The Labute approximate surface area is 282 Å².